The van der Waals surface area contributed by atoms with E-state index in [4.69, 9.17) is 16.3 Å². The van der Waals surface area contributed by atoms with Crippen LogP contribution in [0.4, 0.5) is 4.79 Å². The SMILES string of the molecule is COc1ccc(C(C)=O)c(OC(=O)Cl)c1. The normalized spacial score (nSPS) is 9.53. The van der Waals surface area contributed by atoms with Crippen molar-refractivity contribution in [3.63, 3.8) is 0 Å². The lowest BCUT2D eigenvalue weighted by Crippen LogP contribution is -2.03. The number of benzene rings is 1. The first-order valence-electron chi connectivity index (χ1n) is 4.11. The highest BCUT2D eigenvalue weighted by molar-refractivity contribution is 6.61. The molecule has 0 amide bonds. The Kier molecular flexibility index (Phi) is 3.68. The van der Waals surface area contributed by atoms with Crippen molar-refractivity contribution < 1.29 is 19.1 Å². The van der Waals surface area contributed by atoms with Crippen molar-refractivity contribution in [3.8, 4) is 11.5 Å². The van der Waals surface area contributed by atoms with Gasteiger partial charge in [0, 0.05) is 17.7 Å². The second-order valence-corrected chi connectivity index (χ2v) is 3.07. The lowest BCUT2D eigenvalue weighted by Gasteiger charge is -2.07. The van der Waals surface area contributed by atoms with Gasteiger partial charge in [-0.3, -0.25) is 4.79 Å². The molecule has 1 rings (SSSR count). The van der Waals surface area contributed by atoms with Gasteiger partial charge in [0.25, 0.3) is 0 Å². The molecule has 0 spiro atoms. The van der Waals surface area contributed by atoms with Crippen LogP contribution in [0.2, 0.25) is 0 Å². The Morgan fingerprint density at radius 2 is 2.00 bits per heavy atom. The topological polar surface area (TPSA) is 52.6 Å². The summed E-state index contributed by atoms with van der Waals surface area (Å²) in [4.78, 5) is 21.8. The van der Waals surface area contributed by atoms with Crippen LogP contribution in [0.5, 0.6) is 11.5 Å². The number of hydrogen-bond acceptors (Lipinski definition) is 4. The van der Waals surface area contributed by atoms with Crippen molar-refractivity contribution in [2.75, 3.05) is 7.11 Å². The fourth-order valence-corrected chi connectivity index (χ4v) is 1.17. The predicted octanol–water partition coefficient (Wildman–Crippen LogP) is 2.64. The summed E-state index contributed by atoms with van der Waals surface area (Å²) in [5.41, 5.74) is -0.712. The van der Waals surface area contributed by atoms with Crippen LogP contribution in [0.15, 0.2) is 18.2 Å². The third kappa shape index (κ3) is 2.95. The molecule has 80 valence electrons. The van der Waals surface area contributed by atoms with Gasteiger partial charge in [0.05, 0.1) is 12.7 Å². The van der Waals surface area contributed by atoms with E-state index in [9.17, 15) is 9.59 Å². The van der Waals surface area contributed by atoms with E-state index in [1.165, 1.54) is 26.2 Å². The van der Waals surface area contributed by atoms with Crippen molar-refractivity contribution in [2.45, 2.75) is 6.92 Å². The van der Waals surface area contributed by atoms with Crippen LogP contribution in [-0.4, -0.2) is 18.3 Å². The van der Waals surface area contributed by atoms with Gasteiger partial charge < -0.3 is 9.47 Å². The zero-order valence-corrected chi connectivity index (χ0v) is 9.00. The highest BCUT2D eigenvalue weighted by Gasteiger charge is 2.12. The van der Waals surface area contributed by atoms with Crippen molar-refractivity contribution in [1.82, 2.24) is 0 Å². The van der Waals surface area contributed by atoms with Crippen LogP contribution in [0.3, 0.4) is 0 Å². The highest BCUT2D eigenvalue weighted by Crippen LogP contribution is 2.25. The first kappa shape index (κ1) is 11.5. The molecule has 0 N–H and O–H groups in total. The number of carbonyl (C=O) groups excluding carboxylic acids is 2. The van der Waals surface area contributed by atoms with Crippen LogP contribution in [0.1, 0.15) is 17.3 Å². The fraction of sp³-hybridized carbons (Fsp3) is 0.200. The lowest BCUT2D eigenvalue weighted by atomic mass is 10.1. The molecule has 4 nitrogen and oxygen atoms in total. The molecule has 0 heterocycles. The smallest absolute Gasteiger partial charge is 0.409 e. The summed E-state index contributed by atoms with van der Waals surface area (Å²) in [6.07, 6.45) is 0. The van der Waals surface area contributed by atoms with Crippen LogP contribution in [-0.2, 0) is 0 Å². The molecule has 0 aliphatic rings. The Bertz CT molecular complexity index is 400. The Morgan fingerprint density at radius 1 is 1.33 bits per heavy atom. The van der Waals surface area contributed by atoms with Gasteiger partial charge in [-0.15, -0.1) is 0 Å². The standard InChI is InChI=1S/C10H9ClO4/c1-6(12)8-4-3-7(14-2)5-9(8)15-10(11)13/h3-5H,1-2H3. The average molecular weight is 229 g/mol. The zero-order valence-electron chi connectivity index (χ0n) is 8.24. The van der Waals surface area contributed by atoms with E-state index in [0.717, 1.165) is 0 Å². The first-order chi connectivity index (χ1) is 7.04. The molecule has 0 radical (unpaired) electrons. The van der Waals surface area contributed by atoms with Gasteiger partial charge in [0.2, 0.25) is 0 Å². The Balaban J connectivity index is 3.16. The fourth-order valence-electron chi connectivity index (χ4n) is 1.09. The summed E-state index contributed by atoms with van der Waals surface area (Å²) in [7, 11) is 1.47. The second-order valence-electron chi connectivity index (χ2n) is 2.76. The van der Waals surface area contributed by atoms with Gasteiger partial charge in [-0.2, -0.15) is 0 Å². The Hall–Kier alpha value is -1.55. The minimum absolute atomic E-state index is 0.0989. The maximum atomic E-state index is 11.2. The number of halogens is 1. The van der Waals surface area contributed by atoms with E-state index >= 15 is 0 Å². The van der Waals surface area contributed by atoms with Gasteiger partial charge >= 0.3 is 5.43 Å². The van der Waals surface area contributed by atoms with Crippen LogP contribution >= 0.6 is 11.6 Å². The van der Waals surface area contributed by atoms with Crippen LogP contribution in [0.25, 0.3) is 0 Å². The molecule has 1 aromatic carbocycles. The molecule has 0 fully saturated rings. The Morgan fingerprint density at radius 3 is 2.47 bits per heavy atom. The molecule has 0 aliphatic carbocycles. The molecule has 0 aliphatic heterocycles. The minimum atomic E-state index is -0.995. The van der Waals surface area contributed by atoms with E-state index < -0.39 is 5.43 Å². The molecule has 5 heteroatoms. The van der Waals surface area contributed by atoms with Crippen molar-refractivity contribution in [1.29, 1.82) is 0 Å². The number of hydrogen-bond donors (Lipinski definition) is 0. The predicted molar refractivity (Wildman–Crippen MR) is 54.9 cm³/mol. The molecule has 15 heavy (non-hydrogen) atoms. The molecule has 0 saturated carbocycles. The zero-order chi connectivity index (χ0) is 11.4. The summed E-state index contributed by atoms with van der Waals surface area (Å²) >= 11 is 5.07. The van der Waals surface area contributed by atoms with Crippen molar-refractivity contribution in [3.05, 3.63) is 23.8 Å². The van der Waals surface area contributed by atoms with Gasteiger partial charge in [-0.1, -0.05) is 0 Å². The maximum absolute atomic E-state index is 11.2. The van der Waals surface area contributed by atoms with Gasteiger partial charge in [0.1, 0.15) is 11.5 Å². The first-order valence-corrected chi connectivity index (χ1v) is 4.48. The highest BCUT2D eigenvalue weighted by atomic mass is 35.5. The van der Waals surface area contributed by atoms with E-state index in [-0.39, 0.29) is 17.1 Å². The van der Waals surface area contributed by atoms with Crippen LogP contribution < -0.4 is 9.47 Å². The van der Waals surface area contributed by atoms with Crippen LogP contribution in [0, 0.1) is 0 Å². The maximum Gasteiger partial charge on any atom is 0.409 e. The number of Topliss-reactive ketones (excluding diaryl/α,β-unsaturated/α-hetero) is 1. The van der Waals surface area contributed by atoms with E-state index in [2.05, 4.69) is 4.74 Å². The molecule has 0 atom stereocenters. The molecule has 0 saturated heterocycles. The summed E-state index contributed by atoms with van der Waals surface area (Å²) in [6.45, 7) is 1.37. The molecular formula is C10H9ClO4. The molecule has 0 unspecified atom stereocenters. The number of carbonyl (C=O) groups is 2. The monoisotopic (exact) mass is 228 g/mol. The van der Waals surface area contributed by atoms with Crippen molar-refractivity contribution in [2.24, 2.45) is 0 Å². The van der Waals surface area contributed by atoms with Gasteiger partial charge in [-0.05, 0) is 19.1 Å². The van der Waals surface area contributed by atoms with Crippen molar-refractivity contribution >= 4 is 22.8 Å². The third-order valence-corrected chi connectivity index (χ3v) is 1.84. The lowest BCUT2D eigenvalue weighted by molar-refractivity contribution is 0.101. The number of ether oxygens (including phenoxy) is 2. The average Bonchev–Trinajstić information content (AvgIpc) is 2.16. The second kappa shape index (κ2) is 4.79. The largest absolute Gasteiger partial charge is 0.497 e. The molecule has 0 aromatic heterocycles. The molecule has 0 bridgehead atoms. The van der Waals surface area contributed by atoms with Gasteiger partial charge in [0.15, 0.2) is 5.78 Å². The third-order valence-electron chi connectivity index (χ3n) is 1.76. The molecule has 1 aromatic rings. The van der Waals surface area contributed by atoms with E-state index in [1.807, 2.05) is 0 Å². The molecular weight excluding hydrogens is 220 g/mol. The van der Waals surface area contributed by atoms with E-state index in [0.29, 0.717) is 5.75 Å². The number of rotatable bonds is 3. The summed E-state index contributed by atoms with van der Waals surface area (Å²) in [5, 5.41) is 0. The summed E-state index contributed by atoms with van der Waals surface area (Å²) < 4.78 is 9.60. The number of ketones is 1. The Labute approximate surface area is 91.7 Å². The van der Waals surface area contributed by atoms with E-state index in [1.54, 1.807) is 6.07 Å². The number of methoxy groups -OCH3 is 1. The van der Waals surface area contributed by atoms with Gasteiger partial charge in [-0.25, -0.2) is 4.79 Å². The quantitative estimate of drug-likeness (QED) is 0.590. The summed E-state index contributed by atoms with van der Waals surface area (Å²) in [6, 6.07) is 4.54. The minimum Gasteiger partial charge on any atom is -0.497 e. The summed E-state index contributed by atoms with van der Waals surface area (Å²) in [5.74, 6) is 0.361.